The predicted molar refractivity (Wildman–Crippen MR) is 84.1 cm³/mol. The summed E-state index contributed by atoms with van der Waals surface area (Å²) in [4.78, 5) is 11.4. The van der Waals surface area contributed by atoms with Crippen LogP contribution in [0.3, 0.4) is 0 Å². The minimum absolute atomic E-state index is 0.00731. The summed E-state index contributed by atoms with van der Waals surface area (Å²) in [5, 5.41) is 2.90. The van der Waals surface area contributed by atoms with Gasteiger partial charge in [0.05, 0.1) is 0 Å². The van der Waals surface area contributed by atoms with Crippen molar-refractivity contribution < 1.29 is 4.79 Å². The van der Waals surface area contributed by atoms with Gasteiger partial charge in [-0.25, -0.2) is 0 Å². The smallest absolute Gasteiger partial charge is 0.243 e. The highest BCUT2D eigenvalue weighted by Gasteiger charge is 1.99. The zero-order valence-corrected chi connectivity index (χ0v) is 13.0. The Morgan fingerprint density at radius 1 is 1.11 bits per heavy atom. The summed E-state index contributed by atoms with van der Waals surface area (Å²) >= 11 is 0. The minimum Gasteiger partial charge on any atom is -0.352 e. The van der Waals surface area contributed by atoms with Crippen molar-refractivity contribution in [3.63, 3.8) is 0 Å². The van der Waals surface area contributed by atoms with Crippen molar-refractivity contribution in [3.05, 3.63) is 24.3 Å². The average Bonchev–Trinajstić information content (AvgIpc) is 2.42. The molecule has 19 heavy (non-hydrogen) atoms. The second-order valence-electron chi connectivity index (χ2n) is 5.25. The van der Waals surface area contributed by atoms with Gasteiger partial charge >= 0.3 is 0 Å². The van der Waals surface area contributed by atoms with E-state index in [1.807, 2.05) is 12.2 Å². The highest BCUT2D eigenvalue weighted by Crippen LogP contribution is 2.05. The van der Waals surface area contributed by atoms with Gasteiger partial charge in [0.1, 0.15) is 0 Å². The molecule has 0 bridgehead atoms. The molecule has 0 rings (SSSR count). The second kappa shape index (κ2) is 13.4. The molecule has 0 fully saturated rings. The molecule has 0 aliphatic heterocycles. The molecule has 2 nitrogen and oxygen atoms in total. The van der Waals surface area contributed by atoms with Crippen molar-refractivity contribution in [3.8, 4) is 0 Å². The van der Waals surface area contributed by atoms with Crippen LogP contribution in [0.1, 0.15) is 65.7 Å². The first-order valence-corrected chi connectivity index (χ1v) is 7.81. The van der Waals surface area contributed by atoms with E-state index in [1.54, 1.807) is 6.08 Å². The van der Waals surface area contributed by atoms with Crippen molar-refractivity contribution in [2.45, 2.75) is 65.7 Å². The molecule has 0 aliphatic rings. The van der Waals surface area contributed by atoms with Crippen LogP contribution in [0.4, 0.5) is 0 Å². The summed E-state index contributed by atoms with van der Waals surface area (Å²) in [6.45, 7) is 7.27. The maximum atomic E-state index is 11.4. The van der Waals surface area contributed by atoms with Crippen LogP contribution in [0.15, 0.2) is 24.3 Å². The van der Waals surface area contributed by atoms with E-state index < -0.39 is 0 Å². The molecule has 0 heterocycles. The van der Waals surface area contributed by atoms with Crippen molar-refractivity contribution in [1.82, 2.24) is 5.32 Å². The standard InChI is InChI=1S/C17H31NO/c1-4-6-7-8-9-10-11-12-13-14-17(19)18-15-16(3)5-2/h11-14,16H,4-10,15H2,1-3H3,(H,18,19). The fourth-order valence-electron chi connectivity index (χ4n) is 1.66. The second-order valence-corrected chi connectivity index (χ2v) is 5.25. The molecule has 1 unspecified atom stereocenters. The number of amides is 1. The van der Waals surface area contributed by atoms with Crippen LogP contribution in [0.25, 0.3) is 0 Å². The molecule has 0 saturated heterocycles. The number of carbonyl (C=O) groups excluding carboxylic acids is 1. The summed E-state index contributed by atoms with van der Waals surface area (Å²) in [5.41, 5.74) is 0. The van der Waals surface area contributed by atoms with E-state index in [-0.39, 0.29) is 5.91 Å². The topological polar surface area (TPSA) is 29.1 Å². The molecular weight excluding hydrogens is 234 g/mol. The molecule has 1 N–H and O–H groups in total. The van der Waals surface area contributed by atoms with Gasteiger partial charge < -0.3 is 5.32 Å². The lowest BCUT2D eigenvalue weighted by Crippen LogP contribution is -2.26. The van der Waals surface area contributed by atoms with Gasteiger partial charge in [-0.1, -0.05) is 71.1 Å². The number of hydrogen-bond acceptors (Lipinski definition) is 1. The molecule has 0 aromatic carbocycles. The molecule has 110 valence electrons. The fraction of sp³-hybridized carbons (Fsp3) is 0.706. The van der Waals surface area contributed by atoms with E-state index in [9.17, 15) is 4.79 Å². The Balaban J connectivity index is 3.52. The molecule has 0 aromatic rings. The molecule has 0 aromatic heterocycles. The summed E-state index contributed by atoms with van der Waals surface area (Å²) in [5.74, 6) is 0.559. The third-order valence-corrected chi connectivity index (χ3v) is 3.29. The maximum Gasteiger partial charge on any atom is 0.243 e. The number of unbranched alkanes of at least 4 members (excludes halogenated alkanes) is 5. The molecule has 2 heteroatoms. The molecule has 1 atom stereocenters. The minimum atomic E-state index is 0.00731. The molecule has 1 amide bonds. The first-order chi connectivity index (χ1) is 9.20. The molecular formula is C17H31NO. The third-order valence-electron chi connectivity index (χ3n) is 3.29. The van der Waals surface area contributed by atoms with Crippen LogP contribution in [-0.2, 0) is 4.79 Å². The highest BCUT2D eigenvalue weighted by molar-refractivity contribution is 5.87. The van der Waals surface area contributed by atoms with Crippen LogP contribution in [0, 0.1) is 5.92 Å². The van der Waals surface area contributed by atoms with E-state index in [0.29, 0.717) is 5.92 Å². The Bertz CT molecular complexity index is 268. The van der Waals surface area contributed by atoms with Crippen molar-refractivity contribution in [2.75, 3.05) is 6.54 Å². The van der Waals surface area contributed by atoms with Crippen LogP contribution in [0.2, 0.25) is 0 Å². The maximum absolute atomic E-state index is 11.4. The first-order valence-electron chi connectivity index (χ1n) is 7.81. The lowest BCUT2D eigenvalue weighted by molar-refractivity contribution is -0.116. The fourth-order valence-corrected chi connectivity index (χ4v) is 1.66. The van der Waals surface area contributed by atoms with E-state index in [2.05, 4.69) is 32.2 Å². The SMILES string of the molecule is CCCCCCCC=CC=CC(=O)NCC(C)CC. The van der Waals surface area contributed by atoms with E-state index in [4.69, 9.17) is 0 Å². The number of allylic oxidation sites excluding steroid dienone is 3. The highest BCUT2D eigenvalue weighted by atomic mass is 16.1. The van der Waals surface area contributed by atoms with Crippen LogP contribution in [0.5, 0.6) is 0 Å². The van der Waals surface area contributed by atoms with Crippen LogP contribution < -0.4 is 5.32 Å². The summed E-state index contributed by atoms with van der Waals surface area (Å²) in [6, 6.07) is 0. The third kappa shape index (κ3) is 13.2. The summed E-state index contributed by atoms with van der Waals surface area (Å²) in [7, 11) is 0. The van der Waals surface area contributed by atoms with Gasteiger partial charge in [-0.3, -0.25) is 4.79 Å². The number of rotatable bonds is 11. The van der Waals surface area contributed by atoms with E-state index in [1.165, 1.54) is 32.1 Å². The van der Waals surface area contributed by atoms with Gasteiger partial charge in [-0.2, -0.15) is 0 Å². The average molecular weight is 265 g/mol. The number of nitrogens with one attached hydrogen (secondary N) is 1. The zero-order chi connectivity index (χ0) is 14.3. The lowest BCUT2D eigenvalue weighted by atomic mass is 10.1. The number of hydrogen-bond donors (Lipinski definition) is 1. The summed E-state index contributed by atoms with van der Waals surface area (Å²) in [6.07, 6.45) is 16.3. The zero-order valence-electron chi connectivity index (χ0n) is 13.0. The Labute approximate surface area is 119 Å². The van der Waals surface area contributed by atoms with E-state index >= 15 is 0 Å². The summed E-state index contributed by atoms with van der Waals surface area (Å²) < 4.78 is 0. The van der Waals surface area contributed by atoms with Gasteiger partial charge in [0.25, 0.3) is 0 Å². The van der Waals surface area contributed by atoms with Gasteiger partial charge in [-0.05, 0) is 18.8 Å². The predicted octanol–water partition coefficient (Wildman–Crippen LogP) is 4.62. The van der Waals surface area contributed by atoms with Gasteiger partial charge in [0.2, 0.25) is 5.91 Å². The van der Waals surface area contributed by atoms with Crippen molar-refractivity contribution >= 4 is 5.91 Å². The molecule has 0 spiro atoms. The Morgan fingerprint density at radius 3 is 2.53 bits per heavy atom. The molecule has 0 saturated carbocycles. The van der Waals surface area contributed by atoms with E-state index in [0.717, 1.165) is 19.4 Å². The monoisotopic (exact) mass is 265 g/mol. The Kier molecular flexibility index (Phi) is 12.6. The number of carbonyl (C=O) groups is 1. The quantitative estimate of drug-likeness (QED) is 0.329. The molecule has 0 radical (unpaired) electrons. The first kappa shape index (κ1) is 17.9. The van der Waals surface area contributed by atoms with Gasteiger partial charge in [0, 0.05) is 12.6 Å². The molecule has 0 aliphatic carbocycles. The van der Waals surface area contributed by atoms with Gasteiger partial charge in [0.15, 0.2) is 0 Å². The Hall–Kier alpha value is -1.05. The Morgan fingerprint density at radius 2 is 1.84 bits per heavy atom. The van der Waals surface area contributed by atoms with Crippen molar-refractivity contribution in [1.29, 1.82) is 0 Å². The van der Waals surface area contributed by atoms with Crippen molar-refractivity contribution in [2.24, 2.45) is 5.92 Å². The largest absolute Gasteiger partial charge is 0.352 e. The lowest BCUT2D eigenvalue weighted by Gasteiger charge is -2.07. The van der Waals surface area contributed by atoms with Crippen LogP contribution >= 0.6 is 0 Å². The van der Waals surface area contributed by atoms with Gasteiger partial charge in [-0.15, -0.1) is 0 Å². The van der Waals surface area contributed by atoms with Crippen LogP contribution in [-0.4, -0.2) is 12.5 Å². The normalized spacial score (nSPS) is 13.2.